The number of methoxy groups -OCH3 is 2. The Balaban J connectivity index is 1.95. The zero-order chi connectivity index (χ0) is 19.1. The first-order chi connectivity index (χ1) is 12.4. The van der Waals surface area contributed by atoms with Crippen molar-refractivity contribution in [3.63, 3.8) is 0 Å². The summed E-state index contributed by atoms with van der Waals surface area (Å²) in [6, 6.07) is 10.5. The fourth-order valence-electron chi connectivity index (χ4n) is 2.26. The molecule has 2 aromatic rings. The van der Waals surface area contributed by atoms with Gasteiger partial charge in [0.2, 0.25) is 5.91 Å². The molecule has 26 heavy (non-hydrogen) atoms. The lowest BCUT2D eigenvalue weighted by Gasteiger charge is -2.10. The summed E-state index contributed by atoms with van der Waals surface area (Å²) < 4.78 is 10.1. The van der Waals surface area contributed by atoms with Gasteiger partial charge in [-0.1, -0.05) is 0 Å². The van der Waals surface area contributed by atoms with Gasteiger partial charge in [-0.05, 0) is 30.3 Å². The molecule has 0 aliphatic carbocycles. The SMILES string of the molecule is COc1ccc(C(=O)CCC(=O)Nc2ccc([N+](=O)[O-])cc2OC)cc1. The van der Waals surface area contributed by atoms with Crippen LogP contribution in [0, 0.1) is 10.1 Å². The van der Waals surface area contributed by atoms with Gasteiger partial charge in [-0.25, -0.2) is 0 Å². The molecule has 0 aliphatic rings. The topological polar surface area (TPSA) is 108 Å². The number of nitrogens with one attached hydrogen (secondary N) is 1. The van der Waals surface area contributed by atoms with Gasteiger partial charge in [0, 0.05) is 24.5 Å². The molecule has 0 bridgehead atoms. The maximum absolute atomic E-state index is 12.1. The second-order valence-corrected chi connectivity index (χ2v) is 5.34. The molecular formula is C18H18N2O6. The van der Waals surface area contributed by atoms with Crippen LogP contribution in [-0.4, -0.2) is 30.8 Å². The molecule has 0 unspecified atom stereocenters. The Hall–Kier alpha value is -3.42. The van der Waals surface area contributed by atoms with Gasteiger partial charge in [-0.15, -0.1) is 0 Å². The van der Waals surface area contributed by atoms with Gasteiger partial charge >= 0.3 is 0 Å². The maximum atomic E-state index is 12.1. The Labute approximate surface area is 149 Å². The number of ether oxygens (including phenoxy) is 2. The maximum Gasteiger partial charge on any atom is 0.273 e. The van der Waals surface area contributed by atoms with E-state index >= 15 is 0 Å². The second kappa shape index (κ2) is 8.61. The van der Waals surface area contributed by atoms with E-state index in [9.17, 15) is 19.7 Å². The molecule has 8 heteroatoms. The van der Waals surface area contributed by atoms with Crippen LogP contribution in [0.25, 0.3) is 0 Å². The number of carbonyl (C=O) groups is 2. The van der Waals surface area contributed by atoms with E-state index in [4.69, 9.17) is 9.47 Å². The zero-order valence-corrected chi connectivity index (χ0v) is 14.4. The van der Waals surface area contributed by atoms with Gasteiger partial charge < -0.3 is 14.8 Å². The molecule has 0 spiro atoms. The normalized spacial score (nSPS) is 10.1. The number of amides is 1. The first-order valence-electron chi connectivity index (χ1n) is 7.74. The van der Waals surface area contributed by atoms with Crippen LogP contribution in [0.4, 0.5) is 11.4 Å². The van der Waals surface area contributed by atoms with Crippen molar-refractivity contribution in [3.05, 3.63) is 58.1 Å². The summed E-state index contributed by atoms with van der Waals surface area (Å²) in [7, 11) is 2.88. The van der Waals surface area contributed by atoms with E-state index in [0.717, 1.165) is 0 Å². The van der Waals surface area contributed by atoms with Crippen LogP contribution >= 0.6 is 0 Å². The van der Waals surface area contributed by atoms with Crippen molar-refractivity contribution in [3.8, 4) is 11.5 Å². The fraction of sp³-hybridized carbons (Fsp3) is 0.222. The first kappa shape index (κ1) is 18.9. The lowest BCUT2D eigenvalue weighted by Crippen LogP contribution is -2.14. The van der Waals surface area contributed by atoms with Gasteiger partial charge in [-0.3, -0.25) is 19.7 Å². The highest BCUT2D eigenvalue weighted by molar-refractivity contribution is 6.00. The minimum absolute atomic E-state index is 0.0228. The number of hydrogen-bond donors (Lipinski definition) is 1. The number of ketones is 1. The molecule has 0 saturated heterocycles. The average molecular weight is 358 g/mol. The van der Waals surface area contributed by atoms with Crippen molar-refractivity contribution >= 4 is 23.1 Å². The summed E-state index contributed by atoms with van der Waals surface area (Å²) in [5.74, 6) is 0.260. The van der Waals surface area contributed by atoms with Gasteiger partial charge in [-0.2, -0.15) is 0 Å². The third-order valence-corrected chi connectivity index (χ3v) is 3.66. The number of benzene rings is 2. The molecule has 0 heterocycles. The van der Waals surface area contributed by atoms with Crippen molar-refractivity contribution in [1.82, 2.24) is 0 Å². The summed E-state index contributed by atoms with van der Waals surface area (Å²) in [5.41, 5.74) is 0.654. The largest absolute Gasteiger partial charge is 0.497 e. The first-order valence-corrected chi connectivity index (χ1v) is 7.74. The third-order valence-electron chi connectivity index (χ3n) is 3.66. The summed E-state index contributed by atoms with van der Waals surface area (Å²) in [4.78, 5) is 34.4. The van der Waals surface area contributed by atoms with E-state index in [-0.39, 0.29) is 36.0 Å². The molecule has 0 radical (unpaired) electrons. The van der Waals surface area contributed by atoms with Crippen LogP contribution in [-0.2, 0) is 4.79 Å². The van der Waals surface area contributed by atoms with Gasteiger partial charge in [0.05, 0.1) is 30.9 Å². The molecule has 136 valence electrons. The van der Waals surface area contributed by atoms with E-state index in [2.05, 4.69) is 5.32 Å². The lowest BCUT2D eigenvalue weighted by atomic mass is 10.1. The molecule has 0 saturated carbocycles. The third kappa shape index (κ3) is 4.79. The molecule has 2 aromatic carbocycles. The van der Waals surface area contributed by atoms with Crippen molar-refractivity contribution in [2.24, 2.45) is 0 Å². The molecule has 1 N–H and O–H groups in total. The Kier molecular flexibility index (Phi) is 6.26. The molecule has 2 rings (SSSR count). The standard InChI is InChI=1S/C18H18N2O6/c1-25-14-6-3-12(4-7-14)16(21)9-10-18(22)19-15-8-5-13(20(23)24)11-17(15)26-2/h3-8,11H,9-10H2,1-2H3,(H,19,22). The van der Waals surface area contributed by atoms with E-state index < -0.39 is 4.92 Å². The van der Waals surface area contributed by atoms with Crippen LogP contribution < -0.4 is 14.8 Å². The van der Waals surface area contributed by atoms with Crippen molar-refractivity contribution in [2.75, 3.05) is 19.5 Å². The lowest BCUT2D eigenvalue weighted by molar-refractivity contribution is -0.384. The monoisotopic (exact) mass is 358 g/mol. The van der Waals surface area contributed by atoms with Crippen LogP contribution in [0.2, 0.25) is 0 Å². The minimum Gasteiger partial charge on any atom is -0.497 e. The Morgan fingerprint density at radius 2 is 1.73 bits per heavy atom. The van der Waals surface area contributed by atoms with E-state index in [1.54, 1.807) is 24.3 Å². The van der Waals surface area contributed by atoms with E-state index in [1.165, 1.54) is 32.4 Å². The molecular weight excluding hydrogens is 340 g/mol. The number of hydrogen-bond acceptors (Lipinski definition) is 6. The second-order valence-electron chi connectivity index (χ2n) is 5.34. The molecule has 1 amide bonds. The van der Waals surface area contributed by atoms with Gasteiger partial charge in [0.15, 0.2) is 5.78 Å². The van der Waals surface area contributed by atoms with Gasteiger partial charge in [0.25, 0.3) is 5.69 Å². The fourth-order valence-corrected chi connectivity index (χ4v) is 2.26. The van der Waals surface area contributed by atoms with Crippen molar-refractivity contribution in [2.45, 2.75) is 12.8 Å². The highest BCUT2D eigenvalue weighted by atomic mass is 16.6. The number of nitro benzene ring substituents is 1. The summed E-state index contributed by atoms with van der Waals surface area (Å²) >= 11 is 0. The van der Waals surface area contributed by atoms with Crippen LogP contribution in [0.1, 0.15) is 23.2 Å². The van der Waals surface area contributed by atoms with Crippen molar-refractivity contribution in [1.29, 1.82) is 0 Å². The summed E-state index contributed by atoms with van der Waals surface area (Å²) in [6.07, 6.45) is 0.0124. The average Bonchev–Trinajstić information content (AvgIpc) is 2.66. The quantitative estimate of drug-likeness (QED) is 0.441. The molecule has 0 aromatic heterocycles. The van der Waals surface area contributed by atoms with Gasteiger partial charge in [0.1, 0.15) is 11.5 Å². The predicted octanol–water partition coefficient (Wildman–Crippen LogP) is 3.21. The number of carbonyl (C=O) groups excluding carboxylic acids is 2. The molecule has 0 aliphatic heterocycles. The predicted molar refractivity (Wildman–Crippen MR) is 94.8 cm³/mol. The molecule has 0 fully saturated rings. The van der Waals surface area contributed by atoms with Crippen molar-refractivity contribution < 1.29 is 24.0 Å². The van der Waals surface area contributed by atoms with Crippen LogP contribution in [0.3, 0.4) is 0 Å². The number of nitrogens with zero attached hydrogens (tertiary/aromatic N) is 1. The number of Topliss-reactive ketones (excluding diaryl/α,β-unsaturated/α-hetero) is 1. The van der Waals surface area contributed by atoms with E-state index in [0.29, 0.717) is 17.0 Å². The Bertz CT molecular complexity index is 817. The molecule has 8 nitrogen and oxygen atoms in total. The number of anilines is 1. The van der Waals surface area contributed by atoms with Crippen LogP contribution in [0.15, 0.2) is 42.5 Å². The number of rotatable bonds is 8. The zero-order valence-electron chi connectivity index (χ0n) is 14.4. The summed E-state index contributed by atoms with van der Waals surface area (Å²) in [5, 5.41) is 13.4. The molecule has 0 atom stereocenters. The highest BCUT2D eigenvalue weighted by Crippen LogP contribution is 2.29. The van der Waals surface area contributed by atoms with E-state index in [1.807, 2.05) is 0 Å². The number of non-ortho nitro benzene ring substituents is 1. The highest BCUT2D eigenvalue weighted by Gasteiger charge is 2.14. The minimum atomic E-state index is -0.554. The smallest absolute Gasteiger partial charge is 0.273 e. The van der Waals surface area contributed by atoms with Crippen LogP contribution in [0.5, 0.6) is 11.5 Å². The number of nitro groups is 1. The Morgan fingerprint density at radius 3 is 2.31 bits per heavy atom. The Morgan fingerprint density at radius 1 is 1.04 bits per heavy atom. The summed E-state index contributed by atoms with van der Waals surface area (Å²) in [6.45, 7) is 0.